The highest BCUT2D eigenvalue weighted by Gasteiger charge is 2.74. The molecule has 4 aliphatic heterocycles. The highest BCUT2D eigenvalue weighted by atomic mass is 35.5. The summed E-state index contributed by atoms with van der Waals surface area (Å²) >= 11 is 12.7. The molecule has 0 aromatic heterocycles. The van der Waals surface area contributed by atoms with Gasteiger partial charge in [-0.15, -0.1) is 0 Å². The Morgan fingerprint density at radius 1 is 1.09 bits per heavy atom. The number of halogens is 2. The van der Waals surface area contributed by atoms with E-state index in [0.29, 0.717) is 39.1 Å². The molecule has 4 heterocycles. The molecule has 0 unspecified atom stereocenters. The topological polar surface area (TPSA) is 69.7 Å². The van der Waals surface area contributed by atoms with Crippen molar-refractivity contribution in [3.8, 4) is 0 Å². The van der Waals surface area contributed by atoms with Crippen molar-refractivity contribution in [1.29, 1.82) is 0 Å². The minimum Gasteiger partial charge on any atom is -0.324 e. The van der Waals surface area contributed by atoms with Crippen LogP contribution in [0.25, 0.3) is 0 Å². The summed E-state index contributed by atoms with van der Waals surface area (Å²) in [6.45, 7) is 4.35. The van der Waals surface area contributed by atoms with Crippen LogP contribution in [0.15, 0.2) is 30.3 Å². The Kier molecular flexibility index (Phi) is 4.15. The van der Waals surface area contributed by atoms with Crippen LogP contribution in [0.4, 0.5) is 11.4 Å². The molecule has 0 radical (unpaired) electrons. The van der Waals surface area contributed by atoms with Gasteiger partial charge in [-0.1, -0.05) is 29.3 Å². The van der Waals surface area contributed by atoms with Gasteiger partial charge >= 0.3 is 0 Å². The van der Waals surface area contributed by atoms with Crippen LogP contribution in [0.3, 0.4) is 0 Å². The van der Waals surface area contributed by atoms with Crippen LogP contribution in [0.1, 0.15) is 29.5 Å². The Hall–Kier alpha value is -2.41. The fraction of sp³-hybridized carbons (Fsp3) is 0.375. The lowest BCUT2D eigenvalue weighted by Crippen LogP contribution is -2.54. The maximum atomic E-state index is 14.0. The SMILES string of the molecule is Cc1cc(Cl)cc2c1NC(=O)[C@@]21[C@@H]2C(=O)N(c3cccc(Cl)c3C)C(=O)[C@H]2[C@H]2CCCN21. The van der Waals surface area contributed by atoms with Crippen molar-refractivity contribution < 1.29 is 14.4 Å². The molecule has 3 saturated heterocycles. The average molecular weight is 470 g/mol. The zero-order valence-corrected chi connectivity index (χ0v) is 19.1. The van der Waals surface area contributed by atoms with Gasteiger partial charge in [-0.2, -0.15) is 0 Å². The van der Waals surface area contributed by atoms with Crippen molar-refractivity contribution in [2.45, 2.75) is 38.3 Å². The highest BCUT2D eigenvalue weighted by molar-refractivity contribution is 6.33. The molecule has 0 saturated carbocycles. The van der Waals surface area contributed by atoms with Crippen LogP contribution >= 0.6 is 23.2 Å². The molecule has 2 aromatic carbocycles. The van der Waals surface area contributed by atoms with E-state index >= 15 is 0 Å². The predicted octanol–water partition coefficient (Wildman–Crippen LogP) is 4.04. The molecule has 8 heteroatoms. The van der Waals surface area contributed by atoms with E-state index in [1.807, 2.05) is 6.92 Å². The molecule has 164 valence electrons. The zero-order valence-electron chi connectivity index (χ0n) is 17.6. The van der Waals surface area contributed by atoms with Gasteiger partial charge in [0.2, 0.25) is 17.7 Å². The number of fused-ring (bicyclic) bond motifs is 7. The fourth-order valence-electron chi connectivity index (χ4n) is 6.51. The third-order valence-electron chi connectivity index (χ3n) is 7.74. The molecule has 6 nitrogen and oxygen atoms in total. The number of carbonyl (C=O) groups excluding carboxylic acids is 3. The first kappa shape index (κ1) is 20.2. The van der Waals surface area contributed by atoms with Crippen molar-refractivity contribution >= 4 is 52.3 Å². The summed E-state index contributed by atoms with van der Waals surface area (Å²) in [7, 11) is 0. The molecule has 1 spiro atoms. The molecule has 0 bridgehead atoms. The quantitative estimate of drug-likeness (QED) is 0.639. The van der Waals surface area contributed by atoms with E-state index in [9.17, 15) is 14.4 Å². The lowest BCUT2D eigenvalue weighted by atomic mass is 9.75. The van der Waals surface area contributed by atoms with Gasteiger partial charge in [0, 0.05) is 27.3 Å². The molecule has 4 aliphatic rings. The van der Waals surface area contributed by atoms with Gasteiger partial charge in [-0.05, 0) is 68.6 Å². The summed E-state index contributed by atoms with van der Waals surface area (Å²) in [5, 5.41) is 4.02. The Morgan fingerprint density at radius 3 is 2.66 bits per heavy atom. The number of nitrogens with one attached hydrogen (secondary N) is 1. The molecular weight excluding hydrogens is 449 g/mol. The number of benzene rings is 2. The normalized spacial score (nSPS) is 30.8. The molecule has 1 N–H and O–H groups in total. The van der Waals surface area contributed by atoms with Gasteiger partial charge in [0.1, 0.15) is 5.54 Å². The van der Waals surface area contributed by atoms with Crippen LogP contribution < -0.4 is 10.2 Å². The number of hydrogen-bond donors (Lipinski definition) is 1. The third kappa shape index (κ3) is 2.23. The molecular formula is C24H21Cl2N3O3. The molecule has 32 heavy (non-hydrogen) atoms. The summed E-state index contributed by atoms with van der Waals surface area (Å²) in [4.78, 5) is 44.9. The minimum absolute atomic E-state index is 0.170. The number of hydrogen-bond acceptors (Lipinski definition) is 4. The van der Waals surface area contributed by atoms with Crippen molar-refractivity contribution in [2.24, 2.45) is 11.8 Å². The Balaban J connectivity index is 1.59. The number of carbonyl (C=O) groups is 3. The van der Waals surface area contributed by atoms with Gasteiger partial charge in [-0.25, -0.2) is 4.90 Å². The first-order valence-corrected chi connectivity index (χ1v) is 11.6. The number of rotatable bonds is 1. The number of aryl methyl sites for hydroxylation is 1. The van der Waals surface area contributed by atoms with E-state index < -0.39 is 17.4 Å². The zero-order chi connectivity index (χ0) is 22.5. The summed E-state index contributed by atoms with van der Waals surface area (Å²) in [6, 6.07) is 8.62. The van der Waals surface area contributed by atoms with Gasteiger partial charge in [0.15, 0.2) is 0 Å². The Morgan fingerprint density at radius 2 is 1.88 bits per heavy atom. The van der Waals surface area contributed by atoms with E-state index in [2.05, 4.69) is 10.2 Å². The minimum atomic E-state index is -1.23. The maximum absolute atomic E-state index is 14.0. The molecule has 3 fully saturated rings. The van der Waals surface area contributed by atoms with Crippen molar-refractivity contribution in [2.75, 3.05) is 16.8 Å². The van der Waals surface area contributed by atoms with E-state index in [1.54, 1.807) is 37.3 Å². The lowest BCUT2D eigenvalue weighted by Gasteiger charge is -2.37. The molecule has 4 atom stereocenters. The molecule has 0 aliphatic carbocycles. The first-order valence-electron chi connectivity index (χ1n) is 10.8. The maximum Gasteiger partial charge on any atom is 0.250 e. The largest absolute Gasteiger partial charge is 0.324 e. The van der Waals surface area contributed by atoms with Crippen molar-refractivity contribution in [1.82, 2.24) is 4.90 Å². The van der Waals surface area contributed by atoms with Crippen LogP contribution in [-0.2, 0) is 19.9 Å². The van der Waals surface area contributed by atoms with Gasteiger partial charge in [-0.3, -0.25) is 19.3 Å². The van der Waals surface area contributed by atoms with E-state index in [-0.39, 0.29) is 23.8 Å². The number of anilines is 2. The second-order valence-electron chi connectivity index (χ2n) is 9.17. The van der Waals surface area contributed by atoms with Crippen molar-refractivity contribution in [3.63, 3.8) is 0 Å². The second-order valence-corrected chi connectivity index (χ2v) is 10.0. The summed E-state index contributed by atoms with van der Waals surface area (Å²) in [5.41, 5.74) is 2.17. The predicted molar refractivity (Wildman–Crippen MR) is 122 cm³/mol. The van der Waals surface area contributed by atoms with Crippen molar-refractivity contribution in [3.05, 3.63) is 57.1 Å². The third-order valence-corrected chi connectivity index (χ3v) is 8.37. The second kappa shape index (κ2) is 6.56. The number of imide groups is 1. The van der Waals surface area contributed by atoms with Gasteiger partial charge < -0.3 is 5.32 Å². The van der Waals surface area contributed by atoms with Crippen LogP contribution in [-0.4, -0.2) is 35.2 Å². The number of amides is 3. The molecule has 3 amide bonds. The van der Waals surface area contributed by atoms with E-state index in [0.717, 1.165) is 18.4 Å². The fourth-order valence-corrected chi connectivity index (χ4v) is 6.95. The summed E-state index contributed by atoms with van der Waals surface area (Å²) in [6.07, 6.45) is 1.64. The molecule has 2 aromatic rings. The molecule has 6 rings (SSSR count). The van der Waals surface area contributed by atoms with Crippen LogP contribution in [0.5, 0.6) is 0 Å². The summed E-state index contributed by atoms with van der Waals surface area (Å²) < 4.78 is 0. The monoisotopic (exact) mass is 469 g/mol. The highest BCUT2D eigenvalue weighted by Crippen LogP contribution is 2.61. The Bertz CT molecular complexity index is 1250. The van der Waals surface area contributed by atoms with Gasteiger partial charge in [0.25, 0.3) is 0 Å². The van der Waals surface area contributed by atoms with Gasteiger partial charge in [0.05, 0.1) is 17.5 Å². The smallest absolute Gasteiger partial charge is 0.250 e. The van der Waals surface area contributed by atoms with Crippen LogP contribution in [0, 0.1) is 25.7 Å². The van der Waals surface area contributed by atoms with Crippen LogP contribution in [0.2, 0.25) is 10.0 Å². The summed E-state index contributed by atoms with van der Waals surface area (Å²) in [5.74, 6) is -2.24. The Labute approximate surface area is 195 Å². The number of nitrogens with zero attached hydrogens (tertiary/aromatic N) is 2. The first-order chi connectivity index (χ1) is 15.3. The standard InChI is InChI=1S/C24H21Cl2N3O3/c1-11-9-13(25)10-14-20(11)27-23(32)24(14)19-18(17-7-4-8-28(17)24)21(30)29(22(19)31)16-6-3-5-15(26)12(16)2/h3,5-6,9-10,17-19H,4,7-8H2,1-2H3,(H,27,32)/t17-,18+,19+,24+/m1/s1. The lowest BCUT2D eigenvalue weighted by molar-refractivity contribution is -0.135. The van der Waals surface area contributed by atoms with E-state index in [1.165, 1.54) is 4.90 Å². The average Bonchev–Trinajstić information content (AvgIpc) is 3.44. The van der Waals surface area contributed by atoms with E-state index in [4.69, 9.17) is 23.2 Å².